The van der Waals surface area contributed by atoms with E-state index >= 15 is 0 Å². The van der Waals surface area contributed by atoms with Crippen LogP contribution in [0.25, 0.3) is 0 Å². The lowest BCUT2D eigenvalue weighted by Gasteiger charge is -2.55. The maximum absolute atomic E-state index is 14.7. The van der Waals surface area contributed by atoms with E-state index in [9.17, 15) is 158 Å². The van der Waals surface area contributed by atoms with Gasteiger partial charge in [0.1, 0.15) is 0 Å². The Morgan fingerprint density at radius 1 is 0.279 bits per heavy atom. The second kappa shape index (κ2) is 22.4. The van der Waals surface area contributed by atoms with Crippen LogP contribution in [0, 0.1) is 23.7 Å². The largest absolute Gasteiger partial charge is 0.471 e. The van der Waals surface area contributed by atoms with Crippen molar-refractivity contribution in [1.82, 2.24) is 19.9 Å². The molecule has 4 unspecified atom stereocenters. The lowest BCUT2D eigenvalue weighted by molar-refractivity contribution is -0.398. The Morgan fingerprint density at radius 2 is 0.477 bits per heavy atom. The monoisotopic (exact) mass is 1340 g/mol. The second-order valence-electron chi connectivity index (χ2n) is 19.7. The van der Waals surface area contributed by atoms with Gasteiger partial charge in [-0.15, -0.1) is 0 Å². The maximum atomic E-state index is 14.7. The Morgan fingerprint density at radius 3 is 0.674 bits per heavy atom. The first-order valence-corrected chi connectivity index (χ1v) is 23.3. The lowest BCUT2D eigenvalue weighted by atomic mass is 9.49. The van der Waals surface area contributed by atoms with Gasteiger partial charge in [0.05, 0.1) is 11.4 Å². The van der Waals surface area contributed by atoms with Crippen LogP contribution in [0.4, 0.5) is 158 Å². The molecular formula is C42H32F36N4O4. The zero-order chi connectivity index (χ0) is 66.5. The molecule has 2 heterocycles. The predicted octanol–water partition coefficient (Wildman–Crippen LogP) is 16.1. The summed E-state index contributed by atoms with van der Waals surface area (Å²) in [5, 5.41) is 0. The van der Waals surface area contributed by atoms with Gasteiger partial charge in [0.25, 0.3) is 0 Å². The first-order chi connectivity index (χ1) is 38.2. The molecule has 2 aromatic rings. The van der Waals surface area contributed by atoms with Gasteiger partial charge in [0.2, 0.25) is 11.8 Å². The average Bonchev–Trinajstić information content (AvgIpc) is 0.826. The molecule has 86 heavy (non-hydrogen) atoms. The quantitative estimate of drug-likeness (QED) is 0.108. The van der Waals surface area contributed by atoms with Crippen LogP contribution < -0.4 is 18.9 Å². The van der Waals surface area contributed by atoms with Crippen molar-refractivity contribution in [3.05, 3.63) is 23.5 Å². The summed E-state index contributed by atoms with van der Waals surface area (Å²) in [5.74, 6) is -100. The van der Waals surface area contributed by atoms with Crippen molar-refractivity contribution in [2.45, 2.75) is 159 Å². The SMILES string of the molecule is FC(F)(F)C(F)(F)C(F)(F)C(F)(F)COc1cc(C2C3CCCCC3C(c3cc(OCC(F)(F)C(F)(F)C(F)(F)C(F)(F)F)nc(OCC(F)(F)C(F)(F)C(F)(F)C(F)(F)F)n3)C3CCCCC32)nc(OCC(F)(F)C(F)(F)C(F)(F)C(F)(F)F)n1. The standard InChI is InChI=1S/C42H32F36N4O4/c43-27(44,31(51,52)35(59,60)39(67,68)69)11-83-21-9-19(79-25(81-21)85-13-29(47,48)33(55,56)37(63,64)41(73,74)75)23-15-5-1-2-6-16(15)24(18-8-4-3-7-17(18)23)20-10-22(84-12-28(45,46)32(53,54)36(61,62)40(70,71)72)82-26(80-20)86-14-30(49,50)34(57,58)38(65,66)42(76,77)78/h9-10,15-18,23-24H,1-8,11-14H2. The van der Waals surface area contributed by atoms with E-state index in [1.807, 2.05) is 0 Å². The summed E-state index contributed by atoms with van der Waals surface area (Å²) in [6, 6.07) is -3.92. The third-order valence-corrected chi connectivity index (χ3v) is 14.1. The number of alkyl halides is 36. The fourth-order valence-corrected chi connectivity index (χ4v) is 9.77. The summed E-state index contributed by atoms with van der Waals surface area (Å²) >= 11 is 0. The van der Waals surface area contributed by atoms with Crippen LogP contribution in [0.3, 0.4) is 0 Å². The zero-order valence-corrected chi connectivity index (χ0v) is 41.1. The van der Waals surface area contributed by atoms with Crippen molar-refractivity contribution in [3.63, 3.8) is 0 Å². The molecule has 3 aliphatic carbocycles. The van der Waals surface area contributed by atoms with Crippen molar-refractivity contribution in [3.8, 4) is 23.8 Å². The molecule has 5 rings (SSSR count). The van der Waals surface area contributed by atoms with Crippen LogP contribution >= 0.6 is 0 Å². The molecule has 4 atom stereocenters. The van der Waals surface area contributed by atoms with Gasteiger partial charge in [-0.2, -0.15) is 178 Å². The van der Waals surface area contributed by atoms with Crippen LogP contribution in [0.5, 0.6) is 23.8 Å². The fraction of sp³-hybridized carbons (Fsp3) is 0.810. The first-order valence-electron chi connectivity index (χ1n) is 23.3. The van der Waals surface area contributed by atoms with Gasteiger partial charge < -0.3 is 18.9 Å². The molecule has 0 bridgehead atoms. The predicted molar refractivity (Wildman–Crippen MR) is 206 cm³/mol. The number of hydrogen-bond acceptors (Lipinski definition) is 8. The molecule has 0 amide bonds. The summed E-state index contributed by atoms with van der Waals surface area (Å²) in [4.78, 5) is 12.9. The van der Waals surface area contributed by atoms with E-state index in [4.69, 9.17) is 0 Å². The minimum Gasteiger partial charge on any atom is -0.471 e. The van der Waals surface area contributed by atoms with E-state index in [0.717, 1.165) is 0 Å². The van der Waals surface area contributed by atoms with Crippen molar-refractivity contribution in [2.75, 3.05) is 26.4 Å². The van der Waals surface area contributed by atoms with Crippen LogP contribution in [0.2, 0.25) is 0 Å². The highest BCUT2D eigenvalue weighted by Gasteiger charge is 2.85. The Bertz CT molecular complexity index is 2340. The topological polar surface area (TPSA) is 88.5 Å². The van der Waals surface area contributed by atoms with Crippen LogP contribution in [0.15, 0.2) is 12.1 Å². The van der Waals surface area contributed by atoms with Gasteiger partial charge in [-0.3, -0.25) is 0 Å². The van der Waals surface area contributed by atoms with Gasteiger partial charge in [-0.05, 0) is 49.4 Å². The molecule has 3 saturated carbocycles. The number of rotatable bonds is 22. The lowest BCUT2D eigenvalue weighted by Crippen LogP contribution is -2.62. The van der Waals surface area contributed by atoms with E-state index in [0.29, 0.717) is 0 Å². The Labute approximate surface area is 453 Å². The molecule has 0 radical (unpaired) electrons. The van der Waals surface area contributed by atoms with Crippen LogP contribution in [-0.4, -0.2) is 142 Å². The molecule has 44 heteroatoms. The van der Waals surface area contributed by atoms with E-state index < -0.39 is 193 Å². The minimum absolute atomic E-state index is 0.0762. The van der Waals surface area contributed by atoms with E-state index in [1.165, 1.54) is 0 Å². The summed E-state index contributed by atoms with van der Waals surface area (Å²) in [7, 11) is 0. The van der Waals surface area contributed by atoms with Gasteiger partial charge in [-0.1, -0.05) is 25.7 Å². The van der Waals surface area contributed by atoms with Crippen LogP contribution in [-0.2, 0) is 0 Å². The van der Waals surface area contributed by atoms with E-state index in [1.54, 1.807) is 0 Å². The highest BCUT2D eigenvalue weighted by molar-refractivity contribution is 5.30. The molecule has 0 aromatic carbocycles. The Kier molecular flexibility index (Phi) is 18.6. The van der Waals surface area contributed by atoms with Gasteiger partial charge in [0, 0.05) is 24.0 Å². The molecule has 0 saturated heterocycles. The molecule has 0 aliphatic heterocycles. The zero-order valence-electron chi connectivity index (χ0n) is 41.1. The summed E-state index contributed by atoms with van der Waals surface area (Å²) in [6.45, 7) is -13.6. The number of hydrogen-bond donors (Lipinski definition) is 0. The Hall–Kier alpha value is -5.16. The normalized spacial score (nSPS) is 22.7. The molecule has 2 aromatic heterocycles. The van der Waals surface area contributed by atoms with Gasteiger partial charge in [-0.25, -0.2) is 0 Å². The van der Waals surface area contributed by atoms with Crippen molar-refractivity contribution in [2.24, 2.45) is 23.7 Å². The van der Waals surface area contributed by atoms with Gasteiger partial charge in [0.15, 0.2) is 26.4 Å². The number of fused-ring (bicyclic) bond motifs is 2. The van der Waals surface area contributed by atoms with E-state index in [-0.39, 0.29) is 63.5 Å². The minimum atomic E-state index is -7.64. The number of halogens is 36. The Balaban J connectivity index is 1.69. The summed E-state index contributed by atoms with van der Waals surface area (Å²) < 4.78 is 513. The van der Waals surface area contributed by atoms with Crippen molar-refractivity contribution >= 4 is 0 Å². The highest BCUT2D eigenvalue weighted by Crippen LogP contribution is 2.63. The molecular weight excluding hydrogens is 1310 g/mol. The molecule has 0 N–H and O–H groups in total. The molecule has 3 aliphatic rings. The van der Waals surface area contributed by atoms with E-state index in [2.05, 4.69) is 38.9 Å². The number of nitrogens with zero attached hydrogens (tertiary/aromatic N) is 4. The smallest absolute Gasteiger partial charge is 0.460 e. The van der Waals surface area contributed by atoms with Crippen molar-refractivity contribution < 1.29 is 177 Å². The number of aromatic nitrogens is 4. The number of ether oxygens (including phenoxy) is 4. The van der Waals surface area contributed by atoms with Crippen LogP contribution in [0.1, 0.15) is 74.6 Å². The molecule has 496 valence electrons. The summed E-state index contributed by atoms with van der Waals surface area (Å²) in [5.41, 5.74) is -2.03. The molecule has 8 nitrogen and oxygen atoms in total. The molecule has 0 spiro atoms. The first kappa shape index (κ1) is 71.6. The average molecular weight is 1340 g/mol. The maximum Gasteiger partial charge on any atom is 0.460 e. The molecule has 3 fully saturated rings. The van der Waals surface area contributed by atoms with Gasteiger partial charge >= 0.3 is 108 Å². The second-order valence-corrected chi connectivity index (χ2v) is 19.7. The fourth-order valence-electron chi connectivity index (χ4n) is 9.77. The third kappa shape index (κ3) is 12.3. The summed E-state index contributed by atoms with van der Waals surface area (Å²) in [6.07, 6.45) is -31.7. The highest BCUT2D eigenvalue weighted by atomic mass is 19.5. The van der Waals surface area contributed by atoms with Crippen molar-refractivity contribution in [1.29, 1.82) is 0 Å². The third-order valence-electron chi connectivity index (χ3n) is 14.1.